The van der Waals surface area contributed by atoms with Crippen LogP contribution in [0.2, 0.25) is 0 Å². The van der Waals surface area contributed by atoms with Crippen LogP contribution in [0.4, 0.5) is 8.78 Å². The first kappa shape index (κ1) is 18.0. The molecule has 0 saturated carbocycles. The van der Waals surface area contributed by atoms with Crippen molar-refractivity contribution in [1.82, 2.24) is 9.80 Å². The fraction of sp³-hybridized carbons (Fsp3) is 0.812. The minimum Gasteiger partial charge on any atom is -0.478 e. The quantitative estimate of drug-likeness (QED) is 0.770. The van der Waals surface area contributed by atoms with Gasteiger partial charge in [-0.15, -0.1) is 0 Å². The predicted octanol–water partition coefficient (Wildman–Crippen LogP) is 0.381. The highest BCUT2D eigenvalue weighted by atomic mass is 19.3. The van der Waals surface area contributed by atoms with E-state index in [1.54, 1.807) is 4.90 Å². The van der Waals surface area contributed by atoms with E-state index in [1.807, 2.05) is 0 Å². The molecule has 3 aliphatic rings. The van der Waals surface area contributed by atoms with Gasteiger partial charge in [-0.1, -0.05) is 0 Å². The summed E-state index contributed by atoms with van der Waals surface area (Å²) >= 11 is 0. The van der Waals surface area contributed by atoms with Crippen LogP contribution >= 0.6 is 0 Å². The molecule has 3 aliphatic heterocycles. The summed E-state index contributed by atoms with van der Waals surface area (Å²) in [5.74, 6) is -2.76. The van der Waals surface area contributed by atoms with E-state index in [1.165, 1.54) is 0 Å². The summed E-state index contributed by atoms with van der Waals surface area (Å²) in [7, 11) is 0. The van der Waals surface area contributed by atoms with E-state index in [4.69, 9.17) is 10.5 Å². The summed E-state index contributed by atoms with van der Waals surface area (Å²) in [6, 6.07) is -0.818. The molecule has 3 heterocycles. The lowest BCUT2D eigenvalue weighted by Gasteiger charge is -2.34. The normalized spacial score (nSPS) is 27.2. The van der Waals surface area contributed by atoms with Gasteiger partial charge in [-0.05, 0) is 12.8 Å². The van der Waals surface area contributed by atoms with Crippen LogP contribution in [0.5, 0.6) is 0 Å². The average Bonchev–Trinajstić information content (AvgIpc) is 3.20. The van der Waals surface area contributed by atoms with Crippen molar-refractivity contribution in [3.63, 3.8) is 0 Å². The van der Waals surface area contributed by atoms with Gasteiger partial charge in [0.05, 0.1) is 13.1 Å². The van der Waals surface area contributed by atoms with Gasteiger partial charge in [0.15, 0.2) is 0 Å². The molecule has 0 radical (unpaired) electrons. The Morgan fingerprint density at radius 1 is 1.48 bits per heavy atom. The van der Waals surface area contributed by atoms with Crippen molar-refractivity contribution in [3.8, 4) is 0 Å². The monoisotopic (exact) mass is 358 g/mol. The number of nitrogens with two attached hydrogens (primary N) is 1. The first-order valence-corrected chi connectivity index (χ1v) is 8.73. The summed E-state index contributed by atoms with van der Waals surface area (Å²) in [6.07, 6.45) is 1.08. The number of amides is 2. The zero-order valence-corrected chi connectivity index (χ0v) is 14.1. The predicted molar refractivity (Wildman–Crippen MR) is 86.3 cm³/mol. The van der Waals surface area contributed by atoms with Gasteiger partial charge in [0.25, 0.3) is 5.92 Å². The van der Waals surface area contributed by atoms with Crippen LogP contribution in [-0.2, 0) is 14.3 Å². The van der Waals surface area contributed by atoms with Crippen molar-refractivity contribution >= 4 is 17.7 Å². The number of nitrogens with zero attached hydrogens (tertiary/aromatic N) is 3. The van der Waals surface area contributed by atoms with E-state index < -0.39 is 24.9 Å². The Kier molecular flexibility index (Phi) is 5.21. The topological polar surface area (TPSA) is 88.2 Å². The molecule has 25 heavy (non-hydrogen) atoms. The molecule has 0 unspecified atom stereocenters. The van der Waals surface area contributed by atoms with Crippen LogP contribution in [0.1, 0.15) is 32.1 Å². The number of hydrogen-bond acceptors (Lipinski definition) is 5. The van der Waals surface area contributed by atoms with Gasteiger partial charge in [-0.25, -0.2) is 8.78 Å². The van der Waals surface area contributed by atoms with Gasteiger partial charge in [0.2, 0.25) is 17.7 Å². The highest BCUT2D eigenvalue weighted by Crippen LogP contribution is 2.27. The minimum absolute atomic E-state index is 0.0130. The van der Waals surface area contributed by atoms with Crippen LogP contribution in [-0.4, -0.2) is 78.3 Å². The van der Waals surface area contributed by atoms with Gasteiger partial charge in [0, 0.05) is 38.4 Å². The molecule has 2 N–H and O–H groups in total. The molecule has 2 fully saturated rings. The maximum atomic E-state index is 13.5. The zero-order valence-electron chi connectivity index (χ0n) is 14.1. The average molecular weight is 358 g/mol. The molecule has 2 amide bonds. The number of likely N-dealkylation sites (tertiary alicyclic amines) is 2. The number of carbonyl (C=O) groups is 2. The van der Waals surface area contributed by atoms with E-state index in [9.17, 15) is 18.4 Å². The second-order valence-electron chi connectivity index (χ2n) is 6.91. The van der Waals surface area contributed by atoms with Gasteiger partial charge in [0.1, 0.15) is 12.6 Å². The fourth-order valence-electron chi connectivity index (χ4n) is 3.63. The third-order valence-electron chi connectivity index (χ3n) is 4.84. The molecule has 140 valence electrons. The number of ether oxygens (including phenoxy) is 1. The number of hydrogen-bond donors (Lipinski definition) is 1. The van der Waals surface area contributed by atoms with Crippen LogP contribution in [0.3, 0.4) is 0 Å². The SMILES string of the molecule is N[C@H](CC(=O)N1CCC[C@H]1C1=NCCO1)CN1CC(F)(F)CCC1=O. The Morgan fingerprint density at radius 3 is 3.00 bits per heavy atom. The first-order chi connectivity index (χ1) is 11.9. The van der Waals surface area contributed by atoms with Crippen molar-refractivity contribution in [2.24, 2.45) is 10.7 Å². The highest BCUT2D eigenvalue weighted by Gasteiger charge is 2.40. The number of halogens is 2. The van der Waals surface area contributed by atoms with E-state index in [-0.39, 0.29) is 37.2 Å². The van der Waals surface area contributed by atoms with Crippen LogP contribution in [0, 0.1) is 0 Å². The van der Waals surface area contributed by atoms with Gasteiger partial charge < -0.3 is 20.3 Å². The van der Waals surface area contributed by atoms with Crippen LogP contribution < -0.4 is 5.73 Å². The van der Waals surface area contributed by atoms with Gasteiger partial charge in [-0.2, -0.15) is 0 Å². The van der Waals surface area contributed by atoms with E-state index in [0.717, 1.165) is 17.7 Å². The molecule has 7 nitrogen and oxygen atoms in total. The summed E-state index contributed by atoms with van der Waals surface area (Å²) in [5, 5.41) is 0. The summed E-state index contributed by atoms with van der Waals surface area (Å²) in [5.41, 5.74) is 5.97. The number of alkyl halides is 2. The Morgan fingerprint density at radius 2 is 2.28 bits per heavy atom. The number of aliphatic imine (C=N–C) groups is 1. The largest absolute Gasteiger partial charge is 0.478 e. The molecule has 2 saturated heterocycles. The summed E-state index contributed by atoms with van der Waals surface area (Å²) < 4.78 is 32.4. The maximum absolute atomic E-state index is 13.5. The fourth-order valence-corrected chi connectivity index (χ4v) is 3.63. The summed E-state index contributed by atoms with van der Waals surface area (Å²) in [6.45, 7) is 1.11. The molecule has 0 bridgehead atoms. The molecule has 0 aliphatic carbocycles. The standard InChI is InChI=1S/C16H24F2N4O3/c17-16(18)4-3-13(23)21(10-16)9-11(19)8-14(24)22-6-1-2-12(22)15-20-5-7-25-15/h11-12H,1-10,19H2/t11-,12+/m1/s1. The molecule has 2 atom stereocenters. The van der Waals surface area contributed by atoms with E-state index in [2.05, 4.69) is 4.99 Å². The van der Waals surface area contributed by atoms with Crippen molar-refractivity contribution < 1.29 is 23.1 Å². The molecule has 0 aromatic heterocycles. The van der Waals surface area contributed by atoms with E-state index >= 15 is 0 Å². The second-order valence-corrected chi connectivity index (χ2v) is 6.91. The van der Waals surface area contributed by atoms with Crippen molar-refractivity contribution in [3.05, 3.63) is 0 Å². The molecule has 0 spiro atoms. The minimum atomic E-state index is -2.88. The lowest BCUT2D eigenvalue weighted by Crippen LogP contribution is -2.51. The van der Waals surface area contributed by atoms with Crippen LogP contribution in [0.25, 0.3) is 0 Å². The van der Waals surface area contributed by atoms with E-state index in [0.29, 0.717) is 25.6 Å². The number of rotatable bonds is 5. The Labute approximate surface area is 145 Å². The smallest absolute Gasteiger partial charge is 0.265 e. The molecule has 0 aromatic rings. The first-order valence-electron chi connectivity index (χ1n) is 8.73. The van der Waals surface area contributed by atoms with Gasteiger partial charge in [-0.3, -0.25) is 14.6 Å². The number of piperidine rings is 1. The molecule has 0 aromatic carbocycles. The molecular weight excluding hydrogens is 334 g/mol. The Bertz CT molecular complexity index is 570. The lowest BCUT2D eigenvalue weighted by atomic mass is 10.0. The van der Waals surface area contributed by atoms with Crippen molar-refractivity contribution in [2.75, 3.05) is 32.8 Å². The third-order valence-corrected chi connectivity index (χ3v) is 4.84. The van der Waals surface area contributed by atoms with Gasteiger partial charge >= 0.3 is 0 Å². The molecular formula is C16H24F2N4O3. The van der Waals surface area contributed by atoms with Crippen molar-refractivity contribution in [2.45, 2.75) is 50.1 Å². The maximum Gasteiger partial charge on any atom is 0.265 e. The Balaban J connectivity index is 1.54. The second kappa shape index (κ2) is 7.23. The summed E-state index contributed by atoms with van der Waals surface area (Å²) in [4.78, 5) is 31.4. The van der Waals surface area contributed by atoms with Crippen LogP contribution in [0.15, 0.2) is 4.99 Å². The number of carbonyl (C=O) groups excluding carboxylic acids is 2. The van der Waals surface area contributed by atoms with Crippen molar-refractivity contribution in [1.29, 1.82) is 0 Å². The molecule has 3 rings (SSSR count). The third kappa shape index (κ3) is 4.26. The Hall–Kier alpha value is -1.77. The molecule has 9 heteroatoms. The highest BCUT2D eigenvalue weighted by molar-refractivity contribution is 5.89. The lowest BCUT2D eigenvalue weighted by molar-refractivity contribution is -0.147. The zero-order chi connectivity index (χ0) is 18.0.